The summed E-state index contributed by atoms with van der Waals surface area (Å²) in [6, 6.07) is 11.1. The van der Waals surface area contributed by atoms with E-state index in [2.05, 4.69) is 10.6 Å². The molecule has 142 valence electrons. The lowest BCUT2D eigenvalue weighted by Crippen LogP contribution is -2.26. The lowest BCUT2D eigenvalue weighted by molar-refractivity contribution is -0.385. The second-order valence-electron chi connectivity index (χ2n) is 5.55. The van der Waals surface area contributed by atoms with E-state index in [1.54, 1.807) is 30.3 Å². The first-order valence-electron chi connectivity index (χ1n) is 8.06. The van der Waals surface area contributed by atoms with Gasteiger partial charge in [0.2, 0.25) is 5.91 Å². The Morgan fingerprint density at radius 2 is 1.89 bits per heavy atom. The molecule has 0 unspecified atom stereocenters. The molecular weight excluding hydrogens is 390 g/mol. The van der Waals surface area contributed by atoms with E-state index in [4.69, 9.17) is 11.6 Å². The highest BCUT2D eigenvalue weighted by atomic mass is 35.5. The molecule has 2 rings (SSSR count). The number of amides is 2. The van der Waals surface area contributed by atoms with Crippen LogP contribution in [-0.4, -0.2) is 29.5 Å². The number of nitrogens with one attached hydrogen (secondary N) is 2. The zero-order valence-electron chi connectivity index (χ0n) is 14.5. The Hall–Kier alpha value is -2.58. The molecule has 0 heterocycles. The summed E-state index contributed by atoms with van der Waals surface area (Å²) >= 11 is 7.18. The Balaban J connectivity index is 1.84. The van der Waals surface area contributed by atoms with Gasteiger partial charge in [0.1, 0.15) is 5.56 Å². The number of carbonyl (C=O) groups is 2. The number of nitro benzene ring substituents is 1. The van der Waals surface area contributed by atoms with Crippen molar-refractivity contribution in [3.05, 3.63) is 63.2 Å². The predicted molar refractivity (Wildman–Crippen MR) is 107 cm³/mol. The maximum absolute atomic E-state index is 12.3. The molecule has 0 saturated heterocycles. The molecule has 0 aromatic heterocycles. The van der Waals surface area contributed by atoms with E-state index in [9.17, 15) is 19.7 Å². The van der Waals surface area contributed by atoms with Crippen molar-refractivity contribution in [2.75, 3.05) is 18.1 Å². The molecule has 9 heteroatoms. The molecule has 0 spiro atoms. The van der Waals surface area contributed by atoms with Crippen molar-refractivity contribution in [1.82, 2.24) is 5.32 Å². The average molecular weight is 408 g/mol. The van der Waals surface area contributed by atoms with Crippen LogP contribution in [0.5, 0.6) is 0 Å². The molecule has 7 nitrogen and oxygen atoms in total. The van der Waals surface area contributed by atoms with Crippen LogP contribution in [0.1, 0.15) is 23.2 Å². The Morgan fingerprint density at radius 1 is 1.19 bits per heavy atom. The zero-order chi connectivity index (χ0) is 19.8. The maximum atomic E-state index is 12.3. The Kier molecular flexibility index (Phi) is 7.63. The molecule has 0 radical (unpaired) electrons. The number of halogens is 1. The van der Waals surface area contributed by atoms with Gasteiger partial charge in [0.15, 0.2) is 0 Å². The molecule has 0 fully saturated rings. The topological polar surface area (TPSA) is 101 Å². The van der Waals surface area contributed by atoms with Crippen molar-refractivity contribution in [3.63, 3.8) is 0 Å². The number of nitrogens with zero attached hydrogens (tertiary/aromatic N) is 1. The van der Waals surface area contributed by atoms with E-state index in [1.807, 2.05) is 6.26 Å². The van der Waals surface area contributed by atoms with Gasteiger partial charge in [0.25, 0.3) is 11.6 Å². The number of hydrogen-bond donors (Lipinski definition) is 2. The molecule has 27 heavy (non-hydrogen) atoms. The first-order chi connectivity index (χ1) is 12.9. The second-order valence-corrected chi connectivity index (χ2v) is 6.87. The van der Waals surface area contributed by atoms with Crippen molar-refractivity contribution in [2.24, 2.45) is 0 Å². The lowest BCUT2D eigenvalue weighted by Gasteiger charge is -2.08. The minimum atomic E-state index is -0.585. The fourth-order valence-corrected chi connectivity index (χ4v) is 2.85. The van der Waals surface area contributed by atoms with Gasteiger partial charge >= 0.3 is 0 Å². The van der Waals surface area contributed by atoms with Gasteiger partial charge in [-0.1, -0.05) is 11.6 Å². The summed E-state index contributed by atoms with van der Waals surface area (Å²) in [5, 5.41) is 17.0. The average Bonchev–Trinajstić information content (AvgIpc) is 2.66. The number of carbonyl (C=O) groups excluding carboxylic acids is 2. The SMILES string of the molecule is CSc1ccc([N+](=O)[O-])c(C(=O)NCCCC(=O)Nc2ccc(Cl)cc2)c1. The van der Waals surface area contributed by atoms with Crippen molar-refractivity contribution in [2.45, 2.75) is 17.7 Å². The largest absolute Gasteiger partial charge is 0.352 e. The monoisotopic (exact) mass is 407 g/mol. The number of nitro groups is 1. The van der Waals surface area contributed by atoms with Crippen LogP contribution in [0.15, 0.2) is 47.4 Å². The van der Waals surface area contributed by atoms with Crippen molar-refractivity contribution in [3.8, 4) is 0 Å². The predicted octanol–water partition coefficient (Wildman–Crippen LogP) is 4.12. The minimum absolute atomic E-state index is 0.0115. The molecule has 0 saturated carbocycles. The number of rotatable bonds is 8. The molecule has 2 amide bonds. The molecule has 0 aliphatic carbocycles. The Bertz CT molecular complexity index is 843. The van der Waals surface area contributed by atoms with Crippen molar-refractivity contribution >= 4 is 46.6 Å². The summed E-state index contributed by atoms with van der Waals surface area (Å²) in [6.07, 6.45) is 2.43. The maximum Gasteiger partial charge on any atom is 0.282 e. The van der Waals surface area contributed by atoms with Gasteiger partial charge in [-0.2, -0.15) is 0 Å². The van der Waals surface area contributed by atoms with Crippen LogP contribution in [0.25, 0.3) is 0 Å². The van der Waals surface area contributed by atoms with Crippen LogP contribution >= 0.6 is 23.4 Å². The molecule has 0 bridgehead atoms. The number of anilines is 1. The molecule has 2 aromatic carbocycles. The van der Waals surface area contributed by atoms with Gasteiger partial charge in [-0.3, -0.25) is 19.7 Å². The van der Waals surface area contributed by atoms with Gasteiger partial charge in [0.05, 0.1) is 4.92 Å². The summed E-state index contributed by atoms with van der Waals surface area (Å²) in [7, 11) is 0. The first-order valence-corrected chi connectivity index (χ1v) is 9.67. The number of thioether (sulfide) groups is 1. The third kappa shape index (κ3) is 6.26. The molecular formula is C18H18ClN3O4S. The van der Waals surface area contributed by atoms with E-state index in [1.165, 1.54) is 23.9 Å². The van der Waals surface area contributed by atoms with Crippen LogP contribution in [0.2, 0.25) is 5.02 Å². The van der Waals surface area contributed by atoms with Gasteiger partial charge in [0, 0.05) is 34.6 Å². The standard InChI is InChI=1S/C18H18ClN3O4S/c1-27-14-8-9-16(22(25)26)15(11-14)18(24)20-10-2-3-17(23)21-13-6-4-12(19)5-7-13/h4-9,11H,2-3,10H2,1H3,(H,20,24)(H,21,23). The normalized spacial score (nSPS) is 10.3. The van der Waals surface area contributed by atoms with E-state index < -0.39 is 10.8 Å². The Labute approximate surface area is 165 Å². The highest BCUT2D eigenvalue weighted by molar-refractivity contribution is 7.98. The molecule has 2 aromatic rings. The summed E-state index contributed by atoms with van der Waals surface area (Å²) in [4.78, 5) is 35.4. The summed E-state index contributed by atoms with van der Waals surface area (Å²) in [5.74, 6) is -0.724. The molecule has 0 aliphatic heterocycles. The van der Waals surface area contributed by atoms with E-state index in [0.29, 0.717) is 17.1 Å². The molecule has 2 N–H and O–H groups in total. The van der Waals surface area contributed by atoms with E-state index >= 15 is 0 Å². The summed E-state index contributed by atoms with van der Waals surface area (Å²) < 4.78 is 0. The molecule has 0 aliphatic rings. The van der Waals surface area contributed by atoms with E-state index in [-0.39, 0.29) is 30.1 Å². The fourth-order valence-electron chi connectivity index (χ4n) is 2.29. The third-order valence-electron chi connectivity index (χ3n) is 3.64. The first kappa shape index (κ1) is 20.7. The lowest BCUT2D eigenvalue weighted by atomic mass is 10.1. The van der Waals surface area contributed by atoms with Crippen molar-refractivity contribution < 1.29 is 14.5 Å². The van der Waals surface area contributed by atoms with E-state index in [0.717, 1.165) is 4.90 Å². The van der Waals surface area contributed by atoms with Crippen LogP contribution < -0.4 is 10.6 Å². The number of hydrogen-bond acceptors (Lipinski definition) is 5. The van der Waals surface area contributed by atoms with Gasteiger partial charge < -0.3 is 10.6 Å². The van der Waals surface area contributed by atoms with Gasteiger partial charge in [-0.25, -0.2) is 0 Å². The highest BCUT2D eigenvalue weighted by Gasteiger charge is 2.20. The fraction of sp³-hybridized carbons (Fsp3) is 0.222. The van der Waals surface area contributed by atoms with Crippen LogP contribution in [0.3, 0.4) is 0 Å². The summed E-state index contributed by atoms with van der Waals surface area (Å²) in [5.41, 5.74) is 0.404. The minimum Gasteiger partial charge on any atom is -0.352 e. The summed E-state index contributed by atoms with van der Waals surface area (Å²) in [6.45, 7) is 0.230. The Morgan fingerprint density at radius 3 is 2.52 bits per heavy atom. The van der Waals surface area contributed by atoms with Gasteiger partial charge in [-0.15, -0.1) is 11.8 Å². The quantitative estimate of drug-likeness (QED) is 0.296. The smallest absolute Gasteiger partial charge is 0.282 e. The molecule has 0 atom stereocenters. The van der Waals surface area contributed by atoms with Crippen LogP contribution in [0.4, 0.5) is 11.4 Å². The highest BCUT2D eigenvalue weighted by Crippen LogP contribution is 2.24. The van der Waals surface area contributed by atoms with Crippen molar-refractivity contribution in [1.29, 1.82) is 0 Å². The second kappa shape index (κ2) is 9.94. The van der Waals surface area contributed by atoms with Gasteiger partial charge in [-0.05, 0) is 49.1 Å². The zero-order valence-corrected chi connectivity index (χ0v) is 16.1. The third-order valence-corrected chi connectivity index (χ3v) is 4.62. The van der Waals surface area contributed by atoms with Crippen LogP contribution in [-0.2, 0) is 4.79 Å². The number of benzene rings is 2. The van der Waals surface area contributed by atoms with Crippen LogP contribution in [0, 0.1) is 10.1 Å².